The summed E-state index contributed by atoms with van der Waals surface area (Å²) in [5.74, 6) is 2.52. The molecule has 0 aromatic carbocycles. The van der Waals surface area contributed by atoms with Crippen LogP contribution in [0.1, 0.15) is 39.5 Å². The highest BCUT2D eigenvalue weighted by Crippen LogP contribution is 2.61. The Hall–Kier alpha value is -0.330. The summed E-state index contributed by atoms with van der Waals surface area (Å²) in [5.41, 5.74) is 0.548. The van der Waals surface area contributed by atoms with E-state index in [0.29, 0.717) is 11.3 Å². The van der Waals surface area contributed by atoms with Gasteiger partial charge in [0.15, 0.2) is 0 Å². The highest BCUT2D eigenvalue weighted by Gasteiger charge is 2.53. The quantitative estimate of drug-likeness (QED) is 0.576. The highest BCUT2D eigenvalue weighted by atomic mass is 16.1. The molecule has 2 bridgehead atoms. The van der Waals surface area contributed by atoms with Crippen molar-refractivity contribution in [2.75, 3.05) is 0 Å². The van der Waals surface area contributed by atoms with Crippen LogP contribution in [-0.2, 0) is 4.79 Å². The lowest BCUT2D eigenvalue weighted by Gasteiger charge is -2.60. The number of hydrogen-bond donors (Lipinski definition) is 0. The lowest BCUT2D eigenvalue weighted by atomic mass is 9.45. The van der Waals surface area contributed by atoms with Crippen LogP contribution < -0.4 is 0 Å². The second kappa shape index (κ2) is 2.58. The predicted molar refractivity (Wildman–Crippen MR) is 48.8 cm³/mol. The van der Waals surface area contributed by atoms with Gasteiger partial charge in [0.2, 0.25) is 0 Å². The molecule has 0 aromatic heterocycles. The molecule has 0 spiro atoms. The Morgan fingerprint density at radius 3 is 2.67 bits per heavy atom. The zero-order chi connectivity index (χ0) is 8.77. The topological polar surface area (TPSA) is 17.1 Å². The summed E-state index contributed by atoms with van der Waals surface area (Å²) in [6, 6.07) is 0. The van der Waals surface area contributed by atoms with Gasteiger partial charge in [0.25, 0.3) is 0 Å². The molecule has 1 nitrogen and oxygen atoms in total. The van der Waals surface area contributed by atoms with Gasteiger partial charge in [-0.05, 0) is 42.4 Å². The molecule has 0 N–H and O–H groups in total. The largest absolute Gasteiger partial charge is 0.303 e. The Balaban J connectivity index is 2.05. The first-order valence-electron chi connectivity index (χ1n) is 5.10. The van der Waals surface area contributed by atoms with E-state index in [1.165, 1.54) is 19.3 Å². The standard InChI is InChI=1S/C11H18O/c1-11(2)9-4-3-8(5-6-12)10(11)7-9/h6,8-10H,3-5,7H2,1-2H3/t8-,9+,10+/m0/s1. The third kappa shape index (κ3) is 0.949. The monoisotopic (exact) mass is 166 g/mol. The summed E-state index contributed by atoms with van der Waals surface area (Å²) in [6.07, 6.45) is 5.98. The molecule has 68 valence electrons. The first kappa shape index (κ1) is 8.28. The molecule has 0 amide bonds. The number of carbonyl (C=O) groups excluding carboxylic acids is 1. The first-order chi connectivity index (χ1) is 5.66. The van der Waals surface area contributed by atoms with Crippen molar-refractivity contribution < 1.29 is 4.79 Å². The summed E-state index contributed by atoms with van der Waals surface area (Å²) < 4.78 is 0. The van der Waals surface area contributed by atoms with Gasteiger partial charge in [-0.2, -0.15) is 0 Å². The van der Waals surface area contributed by atoms with E-state index in [0.717, 1.165) is 24.5 Å². The van der Waals surface area contributed by atoms with Gasteiger partial charge < -0.3 is 4.79 Å². The van der Waals surface area contributed by atoms with Crippen LogP contribution in [-0.4, -0.2) is 6.29 Å². The SMILES string of the molecule is CC1(C)[C@@H]2CC[C@@H](CC=O)[C@H]1C2. The van der Waals surface area contributed by atoms with Crippen molar-refractivity contribution in [1.82, 2.24) is 0 Å². The van der Waals surface area contributed by atoms with E-state index in [-0.39, 0.29) is 0 Å². The molecule has 0 heterocycles. The lowest BCUT2D eigenvalue weighted by Crippen LogP contribution is -2.52. The third-order valence-electron chi connectivity index (χ3n) is 4.40. The van der Waals surface area contributed by atoms with E-state index in [1.807, 2.05) is 0 Å². The van der Waals surface area contributed by atoms with Crippen LogP contribution in [0.3, 0.4) is 0 Å². The molecule has 3 aliphatic rings. The van der Waals surface area contributed by atoms with Crippen molar-refractivity contribution in [3.63, 3.8) is 0 Å². The fourth-order valence-electron chi connectivity index (χ4n) is 3.37. The second-order valence-corrected chi connectivity index (χ2v) is 5.10. The molecule has 3 saturated carbocycles. The zero-order valence-corrected chi connectivity index (χ0v) is 8.05. The van der Waals surface area contributed by atoms with Crippen molar-refractivity contribution in [3.8, 4) is 0 Å². The number of rotatable bonds is 2. The van der Waals surface area contributed by atoms with Crippen molar-refractivity contribution >= 4 is 6.29 Å². The minimum Gasteiger partial charge on any atom is -0.303 e. The van der Waals surface area contributed by atoms with Gasteiger partial charge >= 0.3 is 0 Å². The van der Waals surface area contributed by atoms with Gasteiger partial charge in [-0.1, -0.05) is 13.8 Å². The van der Waals surface area contributed by atoms with E-state index < -0.39 is 0 Å². The van der Waals surface area contributed by atoms with Gasteiger partial charge in [0.1, 0.15) is 6.29 Å². The Kier molecular flexibility index (Phi) is 1.78. The van der Waals surface area contributed by atoms with Crippen molar-refractivity contribution in [2.45, 2.75) is 39.5 Å². The van der Waals surface area contributed by atoms with Gasteiger partial charge in [0, 0.05) is 6.42 Å². The molecule has 0 saturated heterocycles. The van der Waals surface area contributed by atoms with Crippen LogP contribution in [0.4, 0.5) is 0 Å². The molecule has 1 heteroatoms. The summed E-state index contributed by atoms with van der Waals surface area (Å²) in [4.78, 5) is 10.4. The molecule has 3 atom stereocenters. The Morgan fingerprint density at radius 1 is 1.42 bits per heavy atom. The second-order valence-electron chi connectivity index (χ2n) is 5.10. The molecule has 12 heavy (non-hydrogen) atoms. The van der Waals surface area contributed by atoms with E-state index in [9.17, 15) is 4.79 Å². The van der Waals surface area contributed by atoms with Crippen LogP contribution in [0.25, 0.3) is 0 Å². The molecule has 3 aliphatic carbocycles. The molecular formula is C11H18O. The van der Waals surface area contributed by atoms with E-state index >= 15 is 0 Å². The lowest BCUT2D eigenvalue weighted by molar-refractivity contribution is -0.122. The average molecular weight is 166 g/mol. The Morgan fingerprint density at radius 2 is 2.17 bits per heavy atom. The fourth-order valence-corrected chi connectivity index (χ4v) is 3.37. The molecule has 0 unspecified atom stereocenters. The number of fused-ring (bicyclic) bond motifs is 2. The van der Waals surface area contributed by atoms with Crippen LogP contribution in [0.15, 0.2) is 0 Å². The van der Waals surface area contributed by atoms with Crippen LogP contribution in [0.2, 0.25) is 0 Å². The summed E-state index contributed by atoms with van der Waals surface area (Å²) in [5, 5.41) is 0. The first-order valence-corrected chi connectivity index (χ1v) is 5.10. The Bertz CT molecular complexity index is 193. The number of hydrogen-bond acceptors (Lipinski definition) is 1. The number of carbonyl (C=O) groups is 1. The van der Waals surface area contributed by atoms with Gasteiger partial charge in [-0.15, -0.1) is 0 Å². The maximum absolute atomic E-state index is 10.4. The molecule has 0 aliphatic heterocycles. The molecule has 0 radical (unpaired) electrons. The van der Waals surface area contributed by atoms with E-state index in [4.69, 9.17) is 0 Å². The maximum atomic E-state index is 10.4. The molecule has 3 rings (SSSR count). The number of aldehydes is 1. The average Bonchev–Trinajstić information content (AvgIpc) is 2.05. The molecule has 0 aromatic rings. The van der Waals surface area contributed by atoms with Gasteiger partial charge in [0.05, 0.1) is 0 Å². The van der Waals surface area contributed by atoms with Gasteiger partial charge in [-0.25, -0.2) is 0 Å². The van der Waals surface area contributed by atoms with E-state index in [2.05, 4.69) is 13.8 Å². The van der Waals surface area contributed by atoms with Gasteiger partial charge in [-0.3, -0.25) is 0 Å². The van der Waals surface area contributed by atoms with Crippen molar-refractivity contribution in [2.24, 2.45) is 23.2 Å². The third-order valence-corrected chi connectivity index (χ3v) is 4.40. The normalized spacial score (nSPS) is 43.3. The van der Waals surface area contributed by atoms with E-state index in [1.54, 1.807) is 0 Å². The van der Waals surface area contributed by atoms with Crippen LogP contribution in [0, 0.1) is 23.2 Å². The summed E-state index contributed by atoms with van der Waals surface area (Å²) >= 11 is 0. The Labute approximate surface area is 74.5 Å². The van der Waals surface area contributed by atoms with Crippen molar-refractivity contribution in [3.05, 3.63) is 0 Å². The minimum absolute atomic E-state index is 0.548. The summed E-state index contributed by atoms with van der Waals surface area (Å²) in [7, 11) is 0. The zero-order valence-electron chi connectivity index (χ0n) is 8.05. The molecular weight excluding hydrogens is 148 g/mol. The van der Waals surface area contributed by atoms with Crippen LogP contribution >= 0.6 is 0 Å². The smallest absolute Gasteiger partial charge is 0.120 e. The molecule has 3 fully saturated rings. The maximum Gasteiger partial charge on any atom is 0.120 e. The minimum atomic E-state index is 0.548. The summed E-state index contributed by atoms with van der Waals surface area (Å²) in [6.45, 7) is 4.76. The van der Waals surface area contributed by atoms with Crippen molar-refractivity contribution in [1.29, 1.82) is 0 Å². The predicted octanol–water partition coefficient (Wildman–Crippen LogP) is 2.65. The van der Waals surface area contributed by atoms with Crippen LogP contribution in [0.5, 0.6) is 0 Å². The highest BCUT2D eigenvalue weighted by molar-refractivity contribution is 5.50. The fraction of sp³-hybridized carbons (Fsp3) is 0.909.